The Hall–Kier alpha value is -2.42. The second kappa shape index (κ2) is 7.86. The lowest BCUT2D eigenvalue weighted by atomic mass is 10.2. The number of aromatic nitrogens is 3. The van der Waals surface area contributed by atoms with Crippen LogP contribution in [0.1, 0.15) is 5.82 Å². The zero-order chi connectivity index (χ0) is 18.6. The quantitative estimate of drug-likeness (QED) is 0.644. The van der Waals surface area contributed by atoms with Gasteiger partial charge >= 0.3 is 0 Å². The molecule has 26 heavy (non-hydrogen) atoms. The minimum Gasteiger partial charge on any atom is -0.497 e. The van der Waals surface area contributed by atoms with E-state index in [0.29, 0.717) is 18.1 Å². The third-order valence-corrected chi connectivity index (χ3v) is 5.62. The van der Waals surface area contributed by atoms with E-state index in [9.17, 15) is 8.42 Å². The first kappa shape index (κ1) is 18.4. The molecule has 0 spiro atoms. The largest absolute Gasteiger partial charge is 0.497 e. The maximum absolute atomic E-state index is 12.3. The normalized spacial score (nSPS) is 11.5. The fourth-order valence-corrected chi connectivity index (χ4v) is 3.87. The van der Waals surface area contributed by atoms with Gasteiger partial charge in [0.2, 0.25) is 10.0 Å². The number of halogens is 1. The smallest absolute Gasteiger partial charge is 0.242 e. The summed E-state index contributed by atoms with van der Waals surface area (Å²) in [4.78, 5) is 4.43. The van der Waals surface area contributed by atoms with Crippen molar-refractivity contribution in [2.75, 3.05) is 13.7 Å². The SMILES string of the molecule is COc1ccc(-c2n[nH]c(CCNS(=O)(=O)c3ccccc3Cl)n2)cc1. The van der Waals surface area contributed by atoms with Crippen molar-refractivity contribution in [1.82, 2.24) is 19.9 Å². The molecule has 1 heterocycles. The number of ether oxygens (including phenoxy) is 1. The van der Waals surface area contributed by atoms with Gasteiger partial charge < -0.3 is 4.74 Å². The van der Waals surface area contributed by atoms with Gasteiger partial charge in [-0.05, 0) is 36.4 Å². The average Bonchev–Trinajstić information content (AvgIpc) is 3.11. The van der Waals surface area contributed by atoms with Gasteiger partial charge in [-0.1, -0.05) is 23.7 Å². The summed E-state index contributed by atoms with van der Waals surface area (Å²) in [5.41, 5.74) is 0.838. The van der Waals surface area contributed by atoms with Gasteiger partial charge in [-0.15, -0.1) is 0 Å². The number of rotatable bonds is 7. The minimum absolute atomic E-state index is 0.0539. The highest BCUT2D eigenvalue weighted by Gasteiger charge is 2.17. The summed E-state index contributed by atoms with van der Waals surface area (Å²) in [6, 6.07) is 13.6. The maximum atomic E-state index is 12.3. The molecule has 1 aromatic heterocycles. The molecule has 9 heteroatoms. The van der Waals surface area contributed by atoms with Crippen LogP contribution in [-0.2, 0) is 16.4 Å². The van der Waals surface area contributed by atoms with Gasteiger partial charge in [0.05, 0.1) is 12.1 Å². The number of nitrogens with one attached hydrogen (secondary N) is 2. The summed E-state index contributed by atoms with van der Waals surface area (Å²) in [5, 5.41) is 7.15. The predicted molar refractivity (Wildman–Crippen MR) is 98.7 cm³/mol. The number of hydrogen-bond acceptors (Lipinski definition) is 5. The first-order chi connectivity index (χ1) is 12.5. The maximum Gasteiger partial charge on any atom is 0.242 e. The lowest BCUT2D eigenvalue weighted by molar-refractivity contribution is 0.415. The van der Waals surface area contributed by atoms with E-state index in [0.717, 1.165) is 11.3 Å². The summed E-state index contributed by atoms with van der Waals surface area (Å²) in [5.74, 6) is 1.87. The third-order valence-electron chi connectivity index (χ3n) is 3.66. The molecular formula is C17H17ClN4O3S. The van der Waals surface area contributed by atoms with E-state index in [2.05, 4.69) is 19.9 Å². The van der Waals surface area contributed by atoms with Gasteiger partial charge in [-0.3, -0.25) is 5.10 Å². The highest BCUT2D eigenvalue weighted by Crippen LogP contribution is 2.20. The molecule has 136 valence electrons. The van der Waals surface area contributed by atoms with Gasteiger partial charge in [0.1, 0.15) is 16.5 Å². The first-order valence-corrected chi connectivity index (χ1v) is 9.65. The van der Waals surface area contributed by atoms with E-state index < -0.39 is 10.0 Å². The Morgan fingerprint density at radius 3 is 2.58 bits per heavy atom. The summed E-state index contributed by atoms with van der Waals surface area (Å²) in [6.07, 6.45) is 0.368. The molecule has 0 aliphatic carbocycles. The molecule has 3 rings (SSSR count). The summed E-state index contributed by atoms with van der Waals surface area (Å²) in [6.45, 7) is 0.171. The van der Waals surface area contributed by atoms with Gasteiger partial charge in [0.25, 0.3) is 0 Å². The molecule has 0 amide bonds. The molecule has 0 saturated heterocycles. The van der Waals surface area contributed by atoms with Crippen molar-refractivity contribution in [3.63, 3.8) is 0 Å². The van der Waals surface area contributed by atoms with Crippen LogP contribution in [0.5, 0.6) is 5.75 Å². The van der Waals surface area contributed by atoms with Crippen LogP contribution in [0.2, 0.25) is 5.02 Å². The van der Waals surface area contributed by atoms with Crippen molar-refractivity contribution in [2.24, 2.45) is 0 Å². The van der Waals surface area contributed by atoms with Crippen molar-refractivity contribution in [3.8, 4) is 17.1 Å². The van der Waals surface area contributed by atoms with Gasteiger partial charge in [0.15, 0.2) is 5.82 Å². The molecule has 0 atom stereocenters. The number of benzene rings is 2. The lowest BCUT2D eigenvalue weighted by Crippen LogP contribution is -2.26. The molecule has 0 aliphatic heterocycles. The third kappa shape index (κ3) is 4.21. The van der Waals surface area contributed by atoms with E-state index in [1.165, 1.54) is 12.1 Å². The molecular weight excluding hydrogens is 376 g/mol. The van der Waals surface area contributed by atoms with E-state index >= 15 is 0 Å². The second-order valence-electron chi connectivity index (χ2n) is 5.41. The molecule has 0 unspecified atom stereocenters. The molecule has 0 aliphatic rings. The molecule has 2 aromatic carbocycles. The van der Waals surface area contributed by atoms with Gasteiger partial charge in [-0.2, -0.15) is 5.10 Å². The fraction of sp³-hybridized carbons (Fsp3) is 0.176. The highest BCUT2D eigenvalue weighted by atomic mass is 35.5. The summed E-state index contributed by atoms with van der Waals surface area (Å²) in [7, 11) is -2.07. The van der Waals surface area contributed by atoms with Crippen LogP contribution in [0.15, 0.2) is 53.4 Å². The van der Waals surface area contributed by atoms with Crippen LogP contribution < -0.4 is 9.46 Å². The van der Waals surface area contributed by atoms with E-state index in [-0.39, 0.29) is 16.5 Å². The van der Waals surface area contributed by atoms with Crippen LogP contribution in [0, 0.1) is 0 Å². The number of hydrogen-bond donors (Lipinski definition) is 2. The van der Waals surface area contributed by atoms with Crippen LogP contribution in [0.4, 0.5) is 0 Å². The number of sulfonamides is 1. The predicted octanol–water partition coefficient (Wildman–Crippen LogP) is 2.65. The zero-order valence-electron chi connectivity index (χ0n) is 13.9. The van der Waals surface area contributed by atoms with Crippen molar-refractivity contribution in [1.29, 1.82) is 0 Å². The van der Waals surface area contributed by atoms with E-state index in [1.54, 1.807) is 19.2 Å². The Balaban J connectivity index is 1.62. The van der Waals surface area contributed by atoms with Gasteiger partial charge in [0, 0.05) is 18.5 Å². The minimum atomic E-state index is -3.67. The monoisotopic (exact) mass is 392 g/mol. The second-order valence-corrected chi connectivity index (χ2v) is 7.55. The van der Waals surface area contributed by atoms with E-state index in [4.69, 9.17) is 16.3 Å². The molecule has 3 aromatic rings. The molecule has 2 N–H and O–H groups in total. The summed E-state index contributed by atoms with van der Waals surface area (Å²) >= 11 is 5.94. The van der Waals surface area contributed by atoms with Crippen molar-refractivity contribution >= 4 is 21.6 Å². The zero-order valence-corrected chi connectivity index (χ0v) is 15.5. The van der Waals surface area contributed by atoms with Crippen LogP contribution in [0.25, 0.3) is 11.4 Å². The number of aromatic amines is 1. The van der Waals surface area contributed by atoms with Crippen LogP contribution >= 0.6 is 11.6 Å². The van der Waals surface area contributed by atoms with Gasteiger partial charge in [-0.25, -0.2) is 18.1 Å². The Bertz CT molecular complexity index is 987. The molecule has 0 bridgehead atoms. The molecule has 7 nitrogen and oxygen atoms in total. The molecule has 0 fully saturated rings. The number of methoxy groups -OCH3 is 1. The average molecular weight is 393 g/mol. The number of H-pyrrole nitrogens is 1. The Morgan fingerprint density at radius 2 is 1.88 bits per heavy atom. The van der Waals surface area contributed by atoms with Crippen LogP contribution in [-0.4, -0.2) is 37.3 Å². The number of nitrogens with zero attached hydrogens (tertiary/aromatic N) is 2. The topological polar surface area (TPSA) is 97.0 Å². The summed E-state index contributed by atoms with van der Waals surface area (Å²) < 4.78 is 32.2. The Morgan fingerprint density at radius 1 is 1.15 bits per heavy atom. The van der Waals surface area contributed by atoms with Crippen molar-refractivity contribution in [3.05, 3.63) is 59.4 Å². The fourth-order valence-electron chi connectivity index (χ4n) is 2.32. The molecule has 0 radical (unpaired) electrons. The standard InChI is InChI=1S/C17H17ClN4O3S/c1-25-13-8-6-12(7-9-13)17-20-16(21-22-17)10-11-19-26(23,24)15-5-3-2-4-14(15)18/h2-9,19H,10-11H2,1H3,(H,20,21,22). The van der Waals surface area contributed by atoms with Crippen molar-refractivity contribution < 1.29 is 13.2 Å². The Labute approximate surface area is 156 Å². The first-order valence-electron chi connectivity index (χ1n) is 7.79. The van der Waals surface area contributed by atoms with Crippen LogP contribution in [0.3, 0.4) is 0 Å². The lowest BCUT2D eigenvalue weighted by Gasteiger charge is -2.07. The highest BCUT2D eigenvalue weighted by molar-refractivity contribution is 7.89. The molecule has 0 saturated carbocycles. The van der Waals surface area contributed by atoms with Crippen molar-refractivity contribution in [2.45, 2.75) is 11.3 Å². The van der Waals surface area contributed by atoms with E-state index in [1.807, 2.05) is 24.3 Å². The Kier molecular flexibility index (Phi) is 5.55.